The van der Waals surface area contributed by atoms with Gasteiger partial charge in [-0.1, -0.05) is 6.07 Å². The van der Waals surface area contributed by atoms with Crippen molar-refractivity contribution in [3.8, 4) is 0 Å². The van der Waals surface area contributed by atoms with Crippen molar-refractivity contribution in [2.45, 2.75) is 30.6 Å². The van der Waals surface area contributed by atoms with Gasteiger partial charge in [0.1, 0.15) is 11.6 Å². The van der Waals surface area contributed by atoms with Crippen LogP contribution < -0.4 is 0 Å². The molecule has 4 rings (SSSR count). The van der Waals surface area contributed by atoms with Crippen LogP contribution in [0.1, 0.15) is 30.1 Å². The van der Waals surface area contributed by atoms with E-state index in [0.717, 1.165) is 24.3 Å². The molecule has 3 heterocycles. The van der Waals surface area contributed by atoms with Crippen molar-refractivity contribution in [2.75, 3.05) is 13.1 Å². The number of piperidine rings is 1. The Labute approximate surface area is 151 Å². The predicted molar refractivity (Wildman–Crippen MR) is 94.9 cm³/mol. The van der Waals surface area contributed by atoms with Crippen molar-refractivity contribution in [3.05, 3.63) is 59.8 Å². The summed E-state index contributed by atoms with van der Waals surface area (Å²) in [4.78, 5) is 0.128. The second-order valence-corrected chi connectivity index (χ2v) is 8.54. The largest absolute Gasteiger partial charge is 0.286 e. The van der Waals surface area contributed by atoms with Gasteiger partial charge in [0.2, 0.25) is 10.0 Å². The molecular weight excluding hydrogens is 355 g/mol. The first-order valence-electron chi connectivity index (χ1n) is 8.53. The molecule has 26 heavy (non-hydrogen) atoms. The first kappa shape index (κ1) is 17.1. The highest BCUT2D eigenvalue weighted by Crippen LogP contribution is 2.30. The fourth-order valence-electron chi connectivity index (χ4n) is 3.44. The van der Waals surface area contributed by atoms with E-state index in [2.05, 4.69) is 10.2 Å². The van der Waals surface area contributed by atoms with Gasteiger partial charge in [-0.15, -0.1) is 10.2 Å². The Morgan fingerprint density at radius 1 is 1.19 bits per heavy atom. The van der Waals surface area contributed by atoms with Gasteiger partial charge in [-0.05, 0) is 55.7 Å². The first-order valence-corrected chi connectivity index (χ1v) is 9.97. The van der Waals surface area contributed by atoms with E-state index in [9.17, 15) is 12.8 Å². The van der Waals surface area contributed by atoms with Gasteiger partial charge in [-0.25, -0.2) is 12.8 Å². The molecule has 0 bridgehead atoms. The molecule has 1 atom stereocenters. The van der Waals surface area contributed by atoms with Crippen LogP contribution in [0.5, 0.6) is 0 Å². The Bertz CT molecular complexity index is 1060. The molecule has 1 fully saturated rings. The third-order valence-electron chi connectivity index (χ3n) is 4.86. The highest BCUT2D eigenvalue weighted by Gasteiger charge is 2.33. The lowest BCUT2D eigenvalue weighted by molar-refractivity contribution is 0.308. The van der Waals surface area contributed by atoms with Crippen molar-refractivity contribution in [3.63, 3.8) is 0 Å². The van der Waals surface area contributed by atoms with Crippen LogP contribution >= 0.6 is 0 Å². The van der Waals surface area contributed by atoms with Crippen LogP contribution in [-0.4, -0.2) is 40.4 Å². The molecule has 0 unspecified atom stereocenters. The number of pyridine rings is 1. The molecule has 1 aliphatic heterocycles. The van der Waals surface area contributed by atoms with Gasteiger partial charge in [-0.2, -0.15) is 4.31 Å². The standard InChI is InChI=1S/C18H19FN4O2S/c1-13-11-15(7-8-16(13)19)26(24,25)22-9-4-5-14(12-22)18-21-20-17-6-2-3-10-23(17)18/h2-3,6-8,10-11,14H,4-5,9,12H2,1H3/t14-/m1/s1. The van der Waals surface area contributed by atoms with E-state index in [4.69, 9.17) is 0 Å². The molecule has 3 aromatic rings. The van der Waals surface area contributed by atoms with E-state index < -0.39 is 15.8 Å². The number of sulfonamides is 1. The molecule has 6 nitrogen and oxygen atoms in total. The molecule has 2 aromatic heterocycles. The molecule has 0 N–H and O–H groups in total. The SMILES string of the molecule is Cc1cc(S(=O)(=O)N2CCC[C@@H](c3nnc4ccccn34)C2)ccc1F. The van der Waals surface area contributed by atoms with Gasteiger partial charge in [0.25, 0.3) is 0 Å². The van der Waals surface area contributed by atoms with Crippen molar-refractivity contribution in [1.29, 1.82) is 0 Å². The number of aromatic nitrogens is 3. The highest BCUT2D eigenvalue weighted by molar-refractivity contribution is 7.89. The van der Waals surface area contributed by atoms with Gasteiger partial charge in [-0.3, -0.25) is 4.40 Å². The summed E-state index contributed by atoms with van der Waals surface area (Å²) in [7, 11) is -3.67. The van der Waals surface area contributed by atoms with Crippen molar-refractivity contribution >= 4 is 15.7 Å². The van der Waals surface area contributed by atoms with Gasteiger partial charge < -0.3 is 0 Å². The summed E-state index contributed by atoms with van der Waals surface area (Å²) in [6.07, 6.45) is 3.48. The van der Waals surface area contributed by atoms with E-state index >= 15 is 0 Å². The lowest BCUT2D eigenvalue weighted by Crippen LogP contribution is -2.39. The summed E-state index contributed by atoms with van der Waals surface area (Å²) in [6.45, 7) is 2.36. The van der Waals surface area contributed by atoms with Crippen LogP contribution in [0.15, 0.2) is 47.5 Å². The Morgan fingerprint density at radius 2 is 2.04 bits per heavy atom. The molecular formula is C18H19FN4O2S. The summed E-state index contributed by atoms with van der Waals surface area (Å²) in [6, 6.07) is 9.58. The summed E-state index contributed by atoms with van der Waals surface area (Å²) in [5, 5.41) is 8.44. The fourth-order valence-corrected chi connectivity index (χ4v) is 5.05. The topological polar surface area (TPSA) is 67.6 Å². The number of rotatable bonds is 3. The van der Waals surface area contributed by atoms with Gasteiger partial charge >= 0.3 is 0 Å². The molecule has 8 heteroatoms. The fraction of sp³-hybridized carbons (Fsp3) is 0.333. The quantitative estimate of drug-likeness (QED) is 0.707. The molecule has 0 radical (unpaired) electrons. The maximum absolute atomic E-state index is 13.5. The predicted octanol–water partition coefficient (Wildman–Crippen LogP) is 2.75. The van der Waals surface area contributed by atoms with Crippen LogP contribution in [0.4, 0.5) is 4.39 Å². The third-order valence-corrected chi connectivity index (χ3v) is 6.72. The van der Waals surface area contributed by atoms with Crippen molar-refractivity contribution < 1.29 is 12.8 Å². The number of hydrogen-bond acceptors (Lipinski definition) is 4. The van der Waals surface area contributed by atoms with Gasteiger partial charge in [0.05, 0.1) is 4.90 Å². The number of nitrogens with zero attached hydrogens (tertiary/aromatic N) is 4. The van der Waals surface area contributed by atoms with E-state index in [1.165, 1.54) is 22.5 Å². The maximum atomic E-state index is 13.5. The summed E-state index contributed by atoms with van der Waals surface area (Å²) in [5.74, 6) is 0.337. The van der Waals surface area contributed by atoms with Gasteiger partial charge in [0.15, 0.2) is 5.65 Å². The smallest absolute Gasteiger partial charge is 0.243 e. The first-order chi connectivity index (χ1) is 12.5. The monoisotopic (exact) mass is 374 g/mol. The minimum atomic E-state index is -3.67. The Hall–Kier alpha value is -2.32. The summed E-state index contributed by atoms with van der Waals surface area (Å²) in [5.41, 5.74) is 1.07. The van der Waals surface area contributed by atoms with Crippen LogP contribution in [0, 0.1) is 12.7 Å². The minimum Gasteiger partial charge on any atom is -0.286 e. The van der Waals surface area contributed by atoms with E-state index in [1.807, 2.05) is 28.8 Å². The highest BCUT2D eigenvalue weighted by atomic mass is 32.2. The van der Waals surface area contributed by atoms with Crippen LogP contribution in [0.25, 0.3) is 5.65 Å². The number of aryl methyl sites for hydroxylation is 1. The molecule has 0 amide bonds. The van der Waals surface area contributed by atoms with Crippen molar-refractivity contribution in [1.82, 2.24) is 18.9 Å². The van der Waals surface area contributed by atoms with E-state index in [0.29, 0.717) is 18.7 Å². The third kappa shape index (κ3) is 2.89. The van der Waals surface area contributed by atoms with Crippen LogP contribution in [-0.2, 0) is 10.0 Å². The molecule has 1 aromatic carbocycles. The maximum Gasteiger partial charge on any atom is 0.243 e. The molecule has 0 saturated carbocycles. The zero-order valence-electron chi connectivity index (χ0n) is 14.3. The minimum absolute atomic E-state index is 0.0301. The molecule has 0 spiro atoms. The second kappa shape index (κ2) is 6.44. The lowest BCUT2D eigenvalue weighted by atomic mass is 9.99. The van der Waals surface area contributed by atoms with Crippen LogP contribution in [0.2, 0.25) is 0 Å². The zero-order valence-corrected chi connectivity index (χ0v) is 15.2. The molecule has 0 aliphatic carbocycles. The zero-order chi connectivity index (χ0) is 18.3. The van der Waals surface area contributed by atoms with Gasteiger partial charge in [0, 0.05) is 25.2 Å². The number of halogens is 1. The molecule has 1 aliphatic rings. The summed E-state index contributed by atoms with van der Waals surface area (Å²) < 4.78 is 42.9. The number of hydrogen-bond donors (Lipinski definition) is 0. The average Bonchev–Trinajstić information content (AvgIpc) is 3.08. The van der Waals surface area contributed by atoms with Crippen molar-refractivity contribution in [2.24, 2.45) is 0 Å². The van der Waals surface area contributed by atoms with E-state index in [1.54, 1.807) is 6.92 Å². The van der Waals surface area contributed by atoms with Crippen LogP contribution in [0.3, 0.4) is 0 Å². The number of fused-ring (bicyclic) bond motifs is 1. The molecule has 1 saturated heterocycles. The summed E-state index contributed by atoms with van der Waals surface area (Å²) >= 11 is 0. The van der Waals surface area contributed by atoms with E-state index in [-0.39, 0.29) is 10.8 Å². The molecule has 136 valence electrons. The lowest BCUT2D eigenvalue weighted by Gasteiger charge is -2.31. The Kier molecular flexibility index (Phi) is 4.24. The second-order valence-electron chi connectivity index (χ2n) is 6.60. The Morgan fingerprint density at radius 3 is 2.85 bits per heavy atom. The Balaban J connectivity index is 1.65. The normalized spacial score (nSPS) is 19.1. The average molecular weight is 374 g/mol. The number of benzene rings is 1.